The molecule has 0 saturated heterocycles. The second kappa shape index (κ2) is 3.05. The molecule has 0 radical (unpaired) electrons. The van der Waals surface area contributed by atoms with Gasteiger partial charge in [0, 0.05) is 12.2 Å². The molecule has 0 amide bonds. The number of carboxylic acid groups (broad SMARTS) is 1. The zero-order valence-electron chi connectivity index (χ0n) is 7.03. The first-order valence-electron chi connectivity index (χ1n) is 4.22. The van der Waals surface area contributed by atoms with E-state index in [0.717, 1.165) is 12.8 Å². The minimum atomic E-state index is -0.983. The molecular formula is C9H10N2O2. The monoisotopic (exact) mass is 178 g/mol. The smallest absolute Gasteiger partial charge is 0.356 e. The van der Waals surface area contributed by atoms with E-state index in [1.807, 2.05) is 0 Å². The number of rotatable bonds is 3. The third-order valence-corrected chi connectivity index (χ3v) is 1.95. The van der Waals surface area contributed by atoms with Crippen LogP contribution in [0.1, 0.15) is 23.3 Å². The highest BCUT2D eigenvalue weighted by molar-refractivity contribution is 5.91. The van der Waals surface area contributed by atoms with E-state index in [9.17, 15) is 4.79 Å². The molecule has 0 aromatic carbocycles. The van der Waals surface area contributed by atoms with Crippen molar-refractivity contribution in [2.45, 2.75) is 18.9 Å². The van der Waals surface area contributed by atoms with Crippen LogP contribution in [0.5, 0.6) is 0 Å². The fourth-order valence-corrected chi connectivity index (χ4v) is 1.14. The van der Waals surface area contributed by atoms with Crippen molar-refractivity contribution in [3.8, 4) is 0 Å². The van der Waals surface area contributed by atoms with E-state index in [0.29, 0.717) is 11.7 Å². The van der Waals surface area contributed by atoms with Crippen LogP contribution in [-0.4, -0.2) is 22.1 Å². The van der Waals surface area contributed by atoms with Crippen molar-refractivity contribution in [2.24, 2.45) is 0 Å². The highest BCUT2D eigenvalue weighted by Gasteiger charge is 2.23. The average molecular weight is 178 g/mol. The number of carboxylic acids is 1. The van der Waals surface area contributed by atoms with E-state index in [1.165, 1.54) is 6.20 Å². The number of aromatic nitrogens is 1. The Hall–Kier alpha value is -1.58. The van der Waals surface area contributed by atoms with Crippen LogP contribution in [0.2, 0.25) is 0 Å². The van der Waals surface area contributed by atoms with Gasteiger partial charge >= 0.3 is 5.97 Å². The highest BCUT2D eigenvalue weighted by atomic mass is 16.4. The molecule has 0 unspecified atom stereocenters. The van der Waals surface area contributed by atoms with Gasteiger partial charge in [-0.25, -0.2) is 9.78 Å². The molecule has 1 aliphatic carbocycles. The van der Waals surface area contributed by atoms with Gasteiger partial charge in [0.15, 0.2) is 5.69 Å². The molecule has 13 heavy (non-hydrogen) atoms. The fraction of sp³-hybridized carbons (Fsp3) is 0.333. The number of nitrogens with zero attached hydrogens (tertiary/aromatic N) is 1. The molecule has 1 aromatic heterocycles. The van der Waals surface area contributed by atoms with Gasteiger partial charge in [0.2, 0.25) is 0 Å². The zero-order chi connectivity index (χ0) is 9.26. The molecule has 1 aliphatic rings. The van der Waals surface area contributed by atoms with Gasteiger partial charge in [0.05, 0.1) is 5.69 Å². The van der Waals surface area contributed by atoms with E-state index < -0.39 is 5.97 Å². The largest absolute Gasteiger partial charge is 0.476 e. The number of pyridine rings is 1. The number of hydrogen-bond acceptors (Lipinski definition) is 3. The van der Waals surface area contributed by atoms with Crippen LogP contribution in [0, 0.1) is 0 Å². The summed E-state index contributed by atoms with van der Waals surface area (Å²) in [6.07, 6.45) is 3.73. The number of nitrogens with one attached hydrogen (secondary N) is 1. The lowest BCUT2D eigenvalue weighted by molar-refractivity contribution is 0.0691. The minimum absolute atomic E-state index is 0.106. The Bertz CT molecular complexity index is 334. The number of carbonyl (C=O) groups is 1. The summed E-state index contributed by atoms with van der Waals surface area (Å²) in [5.74, 6) is -0.983. The normalized spacial score (nSPS) is 15.4. The predicted molar refractivity (Wildman–Crippen MR) is 47.8 cm³/mol. The van der Waals surface area contributed by atoms with E-state index in [4.69, 9.17) is 5.11 Å². The van der Waals surface area contributed by atoms with Crippen LogP contribution in [-0.2, 0) is 0 Å². The summed E-state index contributed by atoms with van der Waals surface area (Å²) < 4.78 is 0. The van der Waals surface area contributed by atoms with Gasteiger partial charge in [-0.3, -0.25) is 0 Å². The van der Waals surface area contributed by atoms with Crippen LogP contribution in [0.25, 0.3) is 0 Å². The minimum Gasteiger partial charge on any atom is -0.476 e. The van der Waals surface area contributed by atoms with Gasteiger partial charge in [0.25, 0.3) is 0 Å². The Morgan fingerprint density at radius 3 is 3.00 bits per heavy atom. The second-order valence-electron chi connectivity index (χ2n) is 3.12. The van der Waals surface area contributed by atoms with E-state index in [1.54, 1.807) is 12.1 Å². The Balaban J connectivity index is 2.25. The molecule has 4 heteroatoms. The summed E-state index contributed by atoms with van der Waals surface area (Å²) in [5.41, 5.74) is 0.729. The van der Waals surface area contributed by atoms with Crippen molar-refractivity contribution >= 4 is 11.7 Å². The first-order chi connectivity index (χ1) is 6.27. The second-order valence-corrected chi connectivity index (χ2v) is 3.12. The fourth-order valence-electron chi connectivity index (χ4n) is 1.14. The summed E-state index contributed by atoms with van der Waals surface area (Å²) in [6.45, 7) is 0. The molecule has 0 aliphatic heterocycles. The molecule has 0 bridgehead atoms. The van der Waals surface area contributed by atoms with E-state index >= 15 is 0 Å². The van der Waals surface area contributed by atoms with Crippen molar-refractivity contribution in [1.82, 2.24) is 4.98 Å². The Morgan fingerprint density at radius 1 is 1.62 bits per heavy atom. The lowest BCUT2D eigenvalue weighted by Gasteiger charge is -2.05. The summed E-state index contributed by atoms with van der Waals surface area (Å²) in [6, 6.07) is 3.92. The summed E-state index contributed by atoms with van der Waals surface area (Å²) in [5, 5.41) is 11.9. The Kier molecular flexibility index (Phi) is 1.88. The molecule has 1 heterocycles. The van der Waals surface area contributed by atoms with Gasteiger partial charge in [-0.05, 0) is 25.0 Å². The van der Waals surface area contributed by atoms with Crippen molar-refractivity contribution in [1.29, 1.82) is 0 Å². The van der Waals surface area contributed by atoms with Crippen LogP contribution < -0.4 is 5.32 Å². The lowest BCUT2D eigenvalue weighted by atomic mass is 10.3. The van der Waals surface area contributed by atoms with Gasteiger partial charge < -0.3 is 10.4 Å². The Morgan fingerprint density at radius 2 is 2.38 bits per heavy atom. The van der Waals surface area contributed by atoms with Crippen molar-refractivity contribution in [3.63, 3.8) is 0 Å². The molecule has 4 nitrogen and oxygen atoms in total. The quantitative estimate of drug-likeness (QED) is 0.733. The number of hydrogen-bond donors (Lipinski definition) is 2. The van der Waals surface area contributed by atoms with Gasteiger partial charge in [-0.15, -0.1) is 0 Å². The highest BCUT2D eigenvalue weighted by Crippen LogP contribution is 2.25. The van der Waals surface area contributed by atoms with Crippen LogP contribution in [0.15, 0.2) is 18.3 Å². The topological polar surface area (TPSA) is 62.2 Å². The Labute approximate surface area is 75.6 Å². The predicted octanol–water partition coefficient (Wildman–Crippen LogP) is 1.35. The average Bonchev–Trinajstić information content (AvgIpc) is 2.89. The molecule has 2 N–H and O–H groups in total. The van der Waals surface area contributed by atoms with Gasteiger partial charge in [0.1, 0.15) is 0 Å². The summed E-state index contributed by atoms with van der Waals surface area (Å²) in [4.78, 5) is 14.5. The molecule has 68 valence electrons. The maximum atomic E-state index is 10.7. The van der Waals surface area contributed by atoms with Crippen molar-refractivity contribution in [2.75, 3.05) is 5.32 Å². The molecule has 1 saturated carbocycles. The molecular weight excluding hydrogens is 168 g/mol. The maximum absolute atomic E-state index is 10.7. The third kappa shape index (κ3) is 1.77. The van der Waals surface area contributed by atoms with Crippen LogP contribution in [0.4, 0.5) is 5.69 Å². The first-order valence-corrected chi connectivity index (χ1v) is 4.22. The number of aromatic carboxylic acids is 1. The van der Waals surface area contributed by atoms with Crippen molar-refractivity contribution in [3.05, 3.63) is 24.0 Å². The third-order valence-electron chi connectivity index (χ3n) is 1.95. The van der Waals surface area contributed by atoms with E-state index in [2.05, 4.69) is 10.3 Å². The standard InChI is InChI=1S/C9H10N2O2/c12-9(13)8-7(2-1-5-10-8)11-6-3-4-6/h1-2,5-6,11H,3-4H2,(H,12,13). The SMILES string of the molecule is O=C(O)c1ncccc1NC1CC1. The van der Waals surface area contributed by atoms with Gasteiger partial charge in [-0.2, -0.15) is 0 Å². The summed E-state index contributed by atoms with van der Waals surface area (Å²) >= 11 is 0. The molecule has 1 aromatic rings. The molecule has 0 spiro atoms. The maximum Gasteiger partial charge on any atom is 0.356 e. The number of anilines is 1. The van der Waals surface area contributed by atoms with Crippen LogP contribution in [0.3, 0.4) is 0 Å². The summed E-state index contributed by atoms with van der Waals surface area (Å²) in [7, 11) is 0. The van der Waals surface area contributed by atoms with Gasteiger partial charge in [-0.1, -0.05) is 0 Å². The van der Waals surface area contributed by atoms with Crippen molar-refractivity contribution < 1.29 is 9.90 Å². The molecule has 1 fully saturated rings. The lowest BCUT2D eigenvalue weighted by Crippen LogP contribution is -2.09. The first kappa shape index (κ1) is 8.04. The zero-order valence-corrected chi connectivity index (χ0v) is 7.03. The molecule has 2 rings (SSSR count). The molecule has 0 atom stereocenters. The van der Waals surface area contributed by atoms with Crippen LogP contribution >= 0.6 is 0 Å². The van der Waals surface area contributed by atoms with E-state index in [-0.39, 0.29) is 5.69 Å².